The lowest BCUT2D eigenvalue weighted by molar-refractivity contribution is -0.139. The van der Waals surface area contributed by atoms with E-state index in [0.29, 0.717) is 0 Å². The zero-order valence-electron chi connectivity index (χ0n) is 9.61. The van der Waals surface area contributed by atoms with Crippen LogP contribution in [0.25, 0.3) is 0 Å². The first kappa shape index (κ1) is 14.0. The first-order chi connectivity index (χ1) is 8.53. The second kappa shape index (κ2) is 6.02. The number of aromatic nitrogens is 1. The van der Waals surface area contributed by atoms with Gasteiger partial charge in [0.05, 0.1) is 19.2 Å². The maximum Gasteiger partial charge on any atom is 0.311 e. The number of methoxy groups -OCH3 is 1. The van der Waals surface area contributed by atoms with Gasteiger partial charge in [0, 0.05) is 17.7 Å². The molecule has 0 atom stereocenters. The second-order valence-corrected chi connectivity index (χ2v) is 3.40. The summed E-state index contributed by atoms with van der Waals surface area (Å²) in [7, 11) is 1.14. The Kier molecular flexibility index (Phi) is 4.68. The van der Waals surface area contributed by atoms with Gasteiger partial charge in [0.15, 0.2) is 0 Å². The van der Waals surface area contributed by atoms with Crippen molar-refractivity contribution in [3.05, 3.63) is 28.6 Å². The third-order valence-corrected chi connectivity index (χ3v) is 2.31. The average Bonchev–Trinajstić information content (AvgIpc) is 2.37. The van der Waals surface area contributed by atoms with E-state index in [9.17, 15) is 13.6 Å². The molecule has 18 heavy (non-hydrogen) atoms. The molecule has 0 aliphatic heterocycles. The molecule has 0 spiro atoms. The van der Waals surface area contributed by atoms with E-state index in [4.69, 9.17) is 11.0 Å². The van der Waals surface area contributed by atoms with Crippen molar-refractivity contribution < 1.29 is 18.3 Å². The van der Waals surface area contributed by atoms with E-state index in [0.717, 1.165) is 13.2 Å². The normalized spacial score (nSPS) is 10.2. The fourth-order valence-electron chi connectivity index (χ4n) is 1.40. The van der Waals surface area contributed by atoms with E-state index in [1.807, 2.05) is 0 Å². The molecule has 7 heteroatoms. The molecule has 0 aliphatic carbocycles. The summed E-state index contributed by atoms with van der Waals surface area (Å²) in [6.45, 7) is -0.0753. The van der Waals surface area contributed by atoms with Crippen LogP contribution in [0.1, 0.15) is 28.9 Å². The van der Waals surface area contributed by atoms with Gasteiger partial charge in [-0.1, -0.05) is 0 Å². The fraction of sp³-hybridized carbons (Fsp3) is 0.364. The molecule has 0 aromatic carbocycles. The molecule has 1 rings (SSSR count). The summed E-state index contributed by atoms with van der Waals surface area (Å²) in [5, 5.41) is 8.82. The van der Waals surface area contributed by atoms with Crippen molar-refractivity contribution in [1.82, 2.24) is 4.98 Å². The van der Waals surface area contributed by atoms with Crippen LogP contribution in [-0.2, 0) is 22.5 Å². The summed E-state index contributed by atoms with van der Waals surface area (Å²) in [6, 6.07) is 2.86. The molecule has 0 radical (unpaired) electrons. The van der Waals surface area contributed by atoms with Crippen molar-refractivity contribution in [1.29, 1.82) is 5.26 Å². The van der Waals surface area contributed by atoms with Crippen molar-refractivity contribution in [3.63, 3.8) is 0 Å². The quantitative estimate of drug-likeness (QED) is 0.813. The number of esters is 1. The van der Waals surface area contributed by atoms with Gasteiger partial charge >= 0.3 is 5.97 Å². The summed E-state index contributed by atoms with van der Waals surface area (Å²) in [5.74, 6) is -0.700. The Hall–Kier alpha value is -2.07. The van der Waals surface area contributed by atoms with Crippen LogP contribution >= 0.6 is 0 Å². The van der Waals surface area contributed by atoms with Crippen molar-refractivity contribution in [3.8, 4) is 6.07 Å². The van der Waals surface area contributed by atoms with E-state index in [1.165, 1.54) is 0 Å². The maximum absolute atomic E-state index is 12.8. The molecule has 1 heterocycles. The fourth-order valence-corrected chi connectivity index (χ4v) is 1.40. The Morgan fingerprint density at radius 2 is 2.33 bits per heavy atom. The molecule has 2 N–H and O–H groups in total. The van der Waals surface area contributed by atoms with Crippen LogP contribution in [0.5, 0.6) is 0 Å². The molecule has 0 amide bonds. The molecular weight excluding hydrogens is 244 g/mol. The highest BCUT2D eigenvalue weighted by atomic mass is 19.3. The van der Waals surface area contributed by atoms with Gasteiger partial charge in [0.25, 0.3) is 6.43 Å². The Balaban J connectivity index is 3.30. The Morgan fingerprint density at radius 1 is 1.67 bits per heavy atom. The lowest BCUT2D eigenvalue weighted by atomic mass is 10.1. The molecule has 1 aromatic heterocycles. The van der Waals surface area contributed by atoms with Crippen molar-refractivity contribution in [2.24, 2.45) is 5.73 Å². The summed E-state index contributed by atoms with van der Waals surface area (Å²) in [6.07, 6.45) is -3.20. The number of pyridine rings is 1. The first-order valence-corrected chi connectivity index (χ1v) is 5.01. The smallest absolute Gasteiger partial charge is 0.311 e. The molecule has 96 valence electrons. The Labute approximate surface area is 102 Å². The van der Waals surface area contributed by atoms with Gasteiger partial charge < -0.3 is 10.5 Å². The molecule has 0 bridgehead atoms. The van der Waals surface area contributed by atoms with Gasteiger partial charge in [-0.05, 0) is 6.07 Å². The highest BCUT2D eigenvalue weighted by molar-refractivity contribution is 5.72. The highest BCUT2D eigenvalue weighted by Crippen LogP contribution is 2.24. The van der Waals surface area contributed by atoms with Crippen LogP contribution < -0.4 is 5.73 Å². The molecular formula is C11H11F2N3O2. The number of carbonyl (C=O) groups excluding carboxylic acids is 1. The van der Waals surface area contributed by atoms with Gasteiger partial charge in [0.1, 0.15) is 11.8 Å². The Morgan fingerprint density at radius 3 is 2.78 bits per heavy atom. The number of rotatable bonds is 4. The van der Waals surface area contributed by atoms with Crippen LogP contribution in [0, 0.1) is 11.3 Å². The van der Waals surface area contributed by atoms with Crippen LogP contribution in [0.2, 0.25) is 0 Å². The highest BCUT2D eigenvalue weighted by Gasteiger charge is 2.20. The number of nitrogens with two attached hydrogens (primary N) is 1. The van der Waals surface area contributed by atoms with Crippen LogP contribution in [-0.4, -0.2) is 18.1 Å². The molecule has 0 saturated heterocycles. The minimum atomic E-state index is -2.80. The minimum Gasteiger partial charge on any atom is -0.469 e. The standard InChI is InChI=1S/C11H11F2N3O2/c1-18-10(17)3-8-7(11(12)13)2-6(4-14)9(5-15)16-8/h2,11H,3-4,14H2,1H3. The van der Waals surface area contributed by atoms with Crippen molar-refractivity contribution >= 4 is 5.97 Å². The van der Waals surface area contributed by atoms with E-state index in [1.54, 1.807) is 6.07 Å². The largest absolute Gasteiger partial charge is 0.469 e. The Bertz CT molecular complexity index is 498. The number of alkyl halides is 2. The molecule has 0 aliphatic rings. The number of halogens is 2. The summed E-state index contributed by atoms with van der Waals surface area (Å²) in [4.78, 5) is 14.8. The number of nitrogens with zero attached hydrogens (tertiary/aromatic N) is 2. The van der Waals surface area contributed by atoms with E-state index < -0.39 is 24.4 Å². The number of hydrogen-bond acceptors (Lipinski definition) is 5. The van der Waals surface area contributed by atoms with E-state index in [-0.39, 0.29) is 23.5 Å². The van der Waals surface area contributed by atoms with Crippen LogP contribution in [0.15, 0.2) is 6.07 Å². The van der Waals surface area contributed by atoms with Gasteiger partial charge in [-0.3, -0.25) is 4.79 Å². The minimum absolute atomic E-state index is 0.0548. The summed E-state index contributed by atoms with van der Waals surface area (Å²) >= 11 is 0. The lowest BCUT2D eigenvalue weighted by Gasteiger charge is -2.10. The lowest BCUT2D eigenvalue weighted by Crippen LogP contribution is -2.12. The molecule has 0 unspecified atom stereocenters. The predicted octanol–water partition coefficient (Wildman–Crippen LogP) is 1.07. The molecule has 5 nitrogen and oxygen atoms in total. The predicted molar refractivity (Wildman–Crippen MR) is 57.5 cm³/mol. The number of carbonyl (C=O) groups is 1. The topological polar surface area (TPSA) is 89.0 Å². The number of nitriles is 1. The van der Waals surface area contributed by atoms with Gasteiger partial charge in [-0.15, -0.1) is 0 Å². The summed E-state index contributed by atoms with van der Waals surface area (Å²) < 4.78 is 30.0. The van der Waals surface area contributed by atoms with E-state index >= 15 is 0 Å². The zero-order valence-corrected chi connectivity index (χ0v) is 9.61. The van der Waals surface area contributed by atoms with Crippen LogP contribution in [0.4, 0.5) is 8.78 Å². The number of ether oxygens (including phenoxy) is 1. The molecule has 0 saturated carbocycles. The van der Waals surface area contributed by atoms with Crippen LogP contribution in [0.3, 0.4) is 0 Å². The third kappa shape index (κ3) is 2.99. The maximum atomic E-state index is 12.8. The van der Waals surface area contributed by atoms with Gasteiger partial charge in [-0.25, -0.2) is 13.8 Å². The SMILES string of the molecule is COC(=O)Cc1nc(C#N)c(CN)cc1C(F)F. The van der Waals surface area contributed by atoms with Crippen molar-refractivity contribution in [2.45, 2.75) is 19.4 Å². The first-order valence-electron chi connectivity index (χ1n) is 5.01. The number of hydrogen-bond donors (Lipinski definition) is 1. The molecule has 1 aromatic rings. The van der Waals surface area contributed by atoms with Crippen molar-refractivity contribution in [2.75, 3.05) is 7.11 Å². The average molecular weight is 255 g/mol. The van der Waals surface area contributed by atoms with E-state index in [2.05, 4.69) is 9.72 Å². The molecule has 0 fully saturated rings. The van der Waals surface area contributed by atoms with Gasteiger partial charge in [-0.2, -0.15) is 5.26 Å². The summed E-state index contributed by atoms with van der Waals surface area (Å²) in [5.41, 5.74) is 4.95. The zero-order chi connectivity index (χ0) is 13.7. The van der Waals surface area contributed by atoms with Gasteiger partial charge in [0.2, 0.25) is 0 Å². The second-order valence-electron chi connectivity index (χ2n) is 3.40. The third-order valence-electron chi connectivity index (χ3n) is 2.31. The monoisotopic (exact) mass is 255 g/mol.